The molecule has 2 heterocycles. The maximum absolute atomic E-state index is 12.6. The predicted octanol–water partition coefficient (Wildman–Crippen LogP) is 1.33. The van der Waals surface area contributed by atoms with Crippen LogP contribution in [0.5, 0.6) is 0 Å². The third-order valence-corrected chi connectivity index (χ3v) is 5.15. The van der Waals surface area contributed by atoms with Gasteiger partial charge in [0.15, 0.2) is 5.82 Å². The number of sulfonamides is 1. The number of fused-ring (bicyclic) bond motifs is 1. The second-order valence-electron chi connectivity index (χ2n) is 5.90. The summed E-state index contributed by atoms with van der Waals surface area (Å²) in [5.41, 5.74) is 2.33. The topological polar surface area (TPSA) is 83.7 Å². The molecular weight excluding hydrogens is 330 g/mol. The van der Waals surface area contributed by atoms with Crippen molar-refractivity contribution in [3.63, 3.8) is 0 Å². The monoisotopic (exact) mass is 349 g/mol. The highest BCUT2D eigenvalue weighted by atomic mass is 32.2. The fourth-order valence-electron chi connectivity index (χ4n) is 2.77. The Kier molecular flexibility index (Phi) is 4.31. The largest absolute Gasteiger partial charge is 0.360 e. The first-order chi connectivity index (χ1) is 11.3. The molecule has 1 aliphatic heterocycles. The number of anilines is 1. The molecule has 7 nitrogen and oxygen atoms in total. The molecule has 0 fully saturated rings. The van der Waals surface area contributed by atoms with Crippen LogP contribution >= 0.6 is 0 Å². The maximum Gasteiger partial charge on any atom is 0.243 e. The molecule has 1 aliphatic rings. The molecule has 128 valence electrons. The highest BCUT2D eigenvalue weighted by Crippen LogP contribution is 2.21. The van der Waals surface area contributed by atoms with Crippen molar-refractivity contribution in [3.05, 3.63) is 47.2 Å². The molecule has 0 saturated carbocycles. The number of aryl methyl sites for hydroxylation is 1. The summed E-state index contributed by atoms with van der Waals surface area (Å²) in [6.07, 6.45) is 1.82. The lowest BCUT2D eigenvalue weighted by molar-refractivity contribution is -0.130. The molecule has 3 rings (SSSR count). The van der Waals surface area contributed by atoms with Crippen molar-refractivity contribution in [1.29, 1.82) is 0 Å². The molecule has 0 radical (unpaired) electrons. The molecule has 0 N–H and O–H groups in total. The first-order valence-corrected chi connectivity index (χ1v) is 9.45. The standard InChI is InChI=1S/C16H19N3O4S/c1-12-9-15(17-23-12)19(24(2,21)22)11-16(20)18-8-7-13-5-3-4-6-14(13)10-18/h3-6,9H,7-8,10-11H2,1-2H3. The smallest absolute Gasteiger partial charge is 0.243 e. The van der Waals surface area contributed by atoms with Crippen LogP contribution in [0.4, 0.5) is 5.82 Å². The number of carbonyl (C=O) groups excluding carboxylic acids is 1. The first kappa shape index (κ1) is 16.5. The fourth-order valence-corrected chi connectivity index (χ4v) is 3.54. The highest BCUT2D eigenvalue weighted by molar-refractivity contribution is 7.92. The zero-order chi connectivity index (χ0) is 17.3. The number of hydrogen-bond acceptors (Lipinski definition) is 5. The van der Waals surface area contributed by atoms with Crippen LogP contribution in [-0.4, -0.2) is 43.7 Å². The van der Waals surface area contributed by atoms with Crippen molar-refractivity contribution in [1.82, 2.24) is 10.1 Å². The van der Waals surface area contributed by atoms with Crippen LogP contribution in [-0.2, 0) is 27.8 Å². The summed E-state index contributed by atoms with van der Waals surface area (Å²) < 4.78 is 30.0. The Morgan fingerprint density at radius 1 is 1.33 bits per heavy atom. The van der Waals surface area contributed by atoms with Gasteiger partial charge in [-0.25, -0.2) is 12.7 Å². The van der Waals surface area contributed by atoms with Crippen LogP contribution < -0.4 is 4.31 Å². The number of aromatic nitrogens is 1. The predicted molar refractivity (Wildman–Crippen MR) is 89.0 cm³/mol. The van der Waals surface area contributed by atoms with E-state index in [0.717, 1.165) is 22.5 Å². The Balaban J connectivity index is 1.77. The summed E-state index contributed by atoms with van der Waals surface area (Å²) in [4.78, 5) is 14.3. The van der Waals surface area contributed by atoms with Crippen molar-refractivity contribution in [2.75, 3.05) is 23.7 Å². The van der Waals surface area contributed by atoms with Crippen LogP contribution in [0.3, 0.4) is 0 Å². The Morgan fingerprint density at radius 3 is 2.67 bits per heavy atom. The number of benzene rings is 1. The summed E-state index contributed by atoms with van der Waals surface area (Å²) >= 11 is 0. The van der Waals surface area contributed by atoms with E-state index in [2.05, 4.69) is 11.2 Å². The van der Waals surface area contributed by atoms with E-state index in [9.17, 15) is 13.2 Å². The molecule has 0 atom stereocenters. The summed E-state index contributed by atoms with van der Waals surface area (Å²) in [7, 11) is -3.64. The number of nitrogens with zero attached hydrogens (tertiary/aromatic N) is 3. The van der Waals surface area contributed by atoms with Gasteiger partial charge >= 0.3 is 0 Å². The van der Waals surface area contributed by atoms with Crippen molar-refractivity contribution >= 4 is 21.7 Å². The van der Waals surface area contributed by atoms with Gasteiger partial charge in [-0.05, 0) is 24.5 Å². The molecule has 0 unspecified atom stereocenters. The Hall–Kier alpha value is -2.35. The summed E-state index contributed by atoms with van der Waals surface area (Å²) in [6.45, 7) is 2.45. The van der Waals surface area contributed by atoms with Crippen LogP contribution in [0.1, 0.15) is 16.9 Å². The van der Waals surface area contributed by atoms with Crippen LogP contribution in [0, 0.1) is 6.92 Å². The molecule has 1 amide bonds. The number of amides is 1. The average molecular weight is 349 g/mol. The SMILES string of the molecule is Cc1cc(N(CC(=O)N2CCc3ccccc3C2)S(C)(=O)=O)no1. The summed E-state index contributed by atoms with van der Waals surface area (Å²) in [5.74, 6) is 0.356. The van der Waals surface area contributed by atoms with Crippen molar-refractivity contribution in [3.8, 4) is 0 Å². The van der Waals surface area contributed by atoms with Gasteiger partial charge in [0.2, 0.25) is 15.9 Å². The van der Waals surface area contributed by atoms with Crippen LogP contribution in [0.2, 0.25) is 0 Å². The third-order valence-electron chi connectivity index (χ3n) is 4.03. The van der Waals surface area contributed by atoms with Gasteiger partial charge in [0, 0.05) is 19.2 Å². The third kappa shape index (κ3) is 3.43. The molecule has 24 heavy (non-hydrogen) atoms. The van der Waals surface area contributed by atoms with Gasteiger partial charge in [-0.1, -0.05) is 29.4 Å². The number of carbonyl (C=O) groups is 1. The van der Waals surface area contributed by atoms with E-state index in [-0.39, 0.29) is 18.3 Å². The van der Waals surface area contributed by atoms with Gasteiger partial charge in [-0.15, -0.1) is 0 Å². The summed E-state index contributed by atoms with van der Waals surface area (Å²) in [6, 6.07) is 9.46. The lowest BCUT2D eigenvalue weighted by Gasteiger charge is -2.30. The summed E-state index contributed by atoms with van der Waals surface area (Å²) in [5, 5.41) is 3.72. The minimum atomic E-state index is -3.64. The fraction of sp³-hybridized carbons (Fsp3) is 0.375. The van der Waals surface area contributed by atoms with Crippen LogP contribution in [0.15, 0.2) is 34.9 Å². The average Bonchev–Trinajstić information content (AvgIpc) is 2.96. The second-order valence-corrected chi connectivity index (χ2v) is 7.81. The quantitative estimate of drug-likeness (QED) is 0.831. The van der Waals surface area contributed by atoms with E-state index >= 15 is 0 Å². The molecular formula is C16H19N3O4S. The Labute approximate surface area is 140 Å². The molecule has 0 saturated heterocycles. The van der Waals surface area contributed by atoms with Crippen molar-refractivity contribution in [2.45, 2.75) is 19.9 Å². The van der Waals surface area contributed by atoms with E-state index in [4.69, 9.17) is 4.52 Å². The normalized spacial score (nSPS) is 14.3. The molecule has 8 heteroatoms. The minimum Gasteiger partial charge on any atom is -0.360 e. The van der Waals surface area contributed by atoms with Gasteiger partial charge in [-0.2, -0.15) is 0 Å². The zero-order valence-electron chi connectivity index (χ0n) is 13.6. The zero-order valence-corrected chi connectivity index (χ0v) is 14.4. The Bertz CT molecular complexity index is 860. The van der Waals surface area contributed by atoms with Crippen molar-refractivity contribution < 1.29 is 17.7 Å². The van der Waals surface area contributed by atoms with Gasteiger partial charge in [0.25, 0.3) is 0 Å². The minimum absolute atomic E-state index is 0.126. The molecule has 0 bridgehead atoms. The molecule has 2 aromatic rings. The lowest BCUT2D eigenvalue weighted by Crippen LogP contribution is -2.44. The molecule has 0 aliphatic carbocycles. The van der Waals surface area contributed by atoms with E-state index in [1.807, 2.05) is 18.2 Å². The number of rotatable bonds is 4. The van der Waals surface area contributed by atoms with Crippen LogP contribution in [0.25, 0.3) is 0 Å². The van der Waals surface area contributed by atoms with E-state index in [1.54, 1.807) is 11.8 Å². The maximum atomic E-state index is 12.6. The highest BCUT2D eigenvalue weighted by Gasteiger charge is 2.28. The molecule has 0 spiro atoms. The molecule has 1 aromatic heterocycles. The van der Waals surface area contributed by atoms with Crippen molar-refractivity contribution in [2.24, 2.45) is 0 Å². The molecule has 1 aromatic carbocycles. The van der Waals surface area contributed by atoms with E-state index < -0.39 is 10.0 Å². The van der Waals surface area contributed by atoms with Gasteiger partial charge in [0.1, 0.15) is 12.3 Å². The van der Waals surface area contributed by atoms with Gasteiger partial charge in [-0.3, -0.25) is 4.79 Å². The first-order valence-electron chi connectivity index (χ1n) is 7.60. The lowest BCUT2D eigenvalue weighted by atomic mass is 10.00. The van der Waals surface area contributed by atoms with Gasteiger partial charge < -0.3 is 9.42 Å². The van der Waals surface area contributed by atoms with Gasteiger partial charge in [0.05, 0.1) is 6.26 Å². The van der Waals surface area contributed by atoms with E-state index in [1.165, 1.54) is 11.6 Å². The Morgan fingerprint density at radius 2 is 2.04 bits per heavy atom. The number of hydrogen-bond donors (Lipinski definition) is 0. The second kappa shape index (κ2) is 6.27. The van der Waals surface area contributed by atoms with E-state index in [0.29, 0.717) is 18.8 Å².